The van der Waals surface area contributed by atoms with Gasteiger partial charge in [0.25, 0.3) is 0 Å². The van der Waals surface area contributed by atoms with Crippen LogP contribution in [0.4, 0.5) is 11.5 Å². The Hall–Kier alpha value is -3.11. The van der Waals surface area contributed by atoms with Crippen LogP contribution in [0, 0.1) is 6.92 Å². The minimum Gasteiger partial charge on any atom is -0.495 e. The molecule has 168 valence electrons. The number of nitrogens with zero attached hydrogens (tertiary/aromatic N) is 2. The Labute approximate surface area is 191 Å². The zero-order valence-corrected chi connectivity index (χ0v) is 19.5. The molecule has 10 heteroatoms. The molecule has 8 nitrogen and oxygen atoms in total. The van der Waals surface area contributed by atoms with Crippen molar-refractivity contribution < 1.29 is 17.9 Å². The molecule has 0 radical (unpaired) electrons. The number of carbonyl (C=O) groups excluding carboxylic acids is 1. The first-order chi connectivity index (χ1) is 15.3. The Kier molecular flexibility index (Phi) is 7.37. The van der Waals surface area contributed by atoms with Crippen LogP contribution < -0.4 is 15.8 Å². The van der Waals surface area contributed by atoms with Gasteiger partial charge in [0.2, 0.25) is 15.7 Å². The number of hydrogen-bond acceptors (Lipinski definition) is 8. The summed E-state index contributed by atoms with van der Waals surface area (Å²) in [6.07, 6.45) is 1.68. The largest absolute Gasteiger partial charge is 0.495 e. The number of rotatable bonds is 8. The smallest absolute Gasteiger partial charge is 0.238 e. The average molecular weight is 473 g/mol. The van der Waals surface area contributed by atoms with Crippen molar-refractivity contribution in [3.05, 3.63) is 60.3 Å². The van der Waals surface area contributed by atoms with Crippen molar-refractivity contribution >= 4 is 39.0 Å². The topological polar surface area (TPSA) is 124 Å². The Morgan fingerprint density at radius 1 is 1.22 bits per heavy atom. The van der Waals surface area contributed by atoms with Gasteiger partial charge in [-0.1, -0.05) is 43.0 Å². The molecule has 0 unspecified atom stereocenters. The zero-order chi connectivity index (χ0) is 23.3. The minimum absolute atomic E-state index is 0.105. The monoisotopic (exact) mass is 472 g/mol. The van der Waals surface area contributed by atoms with Crippen molar-refractivity contribution in [3.63, 3.8) is 0 Å². The summed E-state index contributed by atoms with van der Waals surface area (Å²) in [7, 11) is -2.31. The van der Waals surface area contributed by atoms with Gasteiger partial charge in [-0.25, -0.2) is 18.4 Å². The van der Waals surface area contributed by atoms with E-state index in [1.807, 2.05) is 26.0 Å². The van der Waals surface area contributed by atoms with E-state index in [1.165, 1.54) is 25.4 Å². The highest BCUT2D eigenvalue weighted by Gasteiger charge is 2.25. The second-order valence-corrected chi connectivity index (χ2v) is 10.0. The highest BCUT2D eigenvalue weighted by Crippen LogP contribution is 2.30. The lowest BCUT2D eigenvalue weighted by atomic mass is 10.2. The molecule has 1 amide bonds. The number of anilines is 2. The Bertz CT molecular complexity index is 1220. The van der Waals surface area contributed by atoms with Gasteiger partial charge in [-0.3, -0.25) is 4.79 Å². The maximum Gasteiger partial charge on any atom is 0.238 e. The molecule has 0 fully saturated rings. The maximum atomic E-state index is 12.9. The molecule has 1 heterocycles. The van der Waals surface area contributed by atoms with Crippen molar-refractivity contribution in [1.29, 1.82) is 0 Å². The summed E-state index contributed by atoms with van der Waals surface area (Å²) >= 11 is 1.11. The molecule has 0 aliphatic heterocycles. The lowest BCUT2D eigenvalue weighted by molar-refractivity contribution is -0.115. The highest BCUT2D eigenvalue weighted by molar-refractivity contribution is 8.00. The summed E-state index contributed by atoms with van der Waals surface area (Å²) in [4.78, 5) is 21.1. The van der Waals surface area contributed by atoms with E-state index in [9.17, 15) is 13.2 Å². The van der Waals surface area contributed by atoms with Gasteiger partial charge < -0.3 is 15.8 Å². The fraction of sp³-hybridized carbons (Fsp3) is 0.227. The SMILES string of the molecule is CC[C@@H](Sc1ncc(S(=O)(=O)c2ccccc2)c(N)n1)C(=O)Nc1cc(C)ccc1OC. The molecule has 3 N–H and O–H groups in total. The molecule has 0 saturated heterocycles. The summed E-state index contributed by atoms with van der Waals surface area (Å²) in [6.45, 7) is 3.78. The number of carbonyl (C=O) groups is 1. The van der Waals surface area contributed by atoms with Gasteiger partial charge in [0.1, 0.15) is 16.5 Å². The first-order valence-corrected chi connectivity index (χ1v) is 12.2. The first-order valence-electron chi connectivity index (χ1n) is 9.81. The average Bonchev–Trinajstić information content (AvgIpc) is 2.78. The number of nitrogens with two attached hydrogens (primary N) is 1. The molecular formula is C22H24N4O4S2. The van der Waals surface area contributed by atoms with E-state index >= 15 is 0 Å². The third-order valence-corrected chi connectivity index (χ3v) is 7.65. The summed E-state index contributed by atoms with van der Waals surface area (Å²) in [5.41, 5.74) is 7.51. The maximum absolute atomic E-state index is 12.9. The van der Waals surface area contributed by atoms with Crippen molar-refractivity contribution in [3.8, 4) is 5.75 Å². The predicted molar refractivity (Wildman–Crippen MR) is 125 cm³/mol. The van der Waals surface area contributed by atoms with Gasteiger partial charge >= 0.3 is 0 Å². The molecule has 0 saturated carbocycles. The number of hydrogen-bond donors (Lipinski definition) is 2. The van der Waals surface area contributed by atoms with E-state index in [4.69, 9.17) is 10.5 Å². The highest BCUT2D eigenvalue weighted by atomic mass is 32.2. The molecule has 2 aromatic carbocycles. The van der Waals surface area contributed by atoms with Crippen LogP contribution in [0.15, 0.2) is 69.7 Å². The number of aromatic nitrogens is 2. The van der Waals surface area contributed by atoms with Crippen LogP contribution in [0.1, 0.15) is 18.9 Å². The van der Waals surface area contributed by atoms with Gasteiger partial charge in [-0.05, 0) is 43.2 Å². The van der Waals surface area contributed by atoms with E-state index in [0.29, 0.717) is 17.9 Å². The molecule has 0 spiro atoms. The molecule has 0 aliphatic carbocycles. The van der Waals surface area contributed by atoms with Gasteiger partial charge in [-0.2, -0.15) is 0 Å². The molecule has 0 bridgehead atoms. The van der Waals surface area contributed by atoms with Crippen molar-refractivity contribution in [2.24, 2.45) is 0 Å². The third kappa shape index (κ3) is 5.20. The van der Waals surface area contributed by atoms with E-state index in [0.717, 1.165) is 17.3 Å². The van der Waals surface area contributed by atoms with Crippen molar-refractivity contribution in [1.82, 2.24) is 9.97 Å². The second kappa shape index (κ2) is 10.0. The fourth-order valence-electron chi connectivity index (χ4n) is 2.94. The van der Waals surface area contributed by atoms with Crippen LogP contribution in [-0.2, 0) is 14.6 Å². The molecular weight excluding hydrogens is 448 g/mol. The fourth-order valence-corrected chi connectivity index (χ4v) is 5.07. The number of sulfone groups is 1. The molecule has 0 aliphatic rings. The van der Waals surface area contributed by atoms with Crippen LogP contribution in [0.2, 0.25) is 0 Å². The van der Waals surface area contributed by atoms with E-state index in [-0.39, 0.29) is 26.7 Å². The number of amides is 1. The number of thioether (sulfide) groups is 1. The van der Waals surface area contributed by atoms with Gasteiger partial charge in [0.15, 0.2) is 5.16 Å². The predicted octanol–water partition coefficient (Wildman–Crippen LogP) is 3.72. The van der Waals surface area contributed by atoms with E-state index < -0.39 is 15.1 Å². The molecule has 1 atom stereocenters. The molecule has 32 heavy (non-hydrogen) atoms. The van der Waals surface area contributed by atoms with E-state index in [1.54, 1.807) is 24.3 Å². The molecule has 1 aromatic heterocycles. The third-order valence-electron chi connectivity index (χ3n) is 4.63. The molecule has 3 rings (SSSR count). The Morgan fingerprint density at radius 3 is 2.56 bits per heavy atom. The van der Waals surface area contributed by atoms with Crippen molar-refractivity contribution in [2.75, 3.05) is 18.2 Å². The standard InChI is InChI=1S/C22H24N4O4S2/c1-4-18(21(27)25-16-12-14(2)10-11-17(16)30-3)31-22-24-13-19(20(23)26-22)32(28,29)15-8-6-5-7-9-15/h5-13,18H,4H2,1-3H3,(H,25,27)(H2,23,24,26)/t18-/m1/s1. The van der Waals surface area contributed by atoms with Crippen molar-refractivity contribution in [2.45, 2.75) is 40.5 Å². The quantitative estimate of drug-likeness (QED) is 0.375. The van der Waals surface area contributed by atoms with Crippen LogP contribution >= 0.6 is 11.8 Å². The summed E-state index contributed by atoms with van der Waals surface area (Å²) in [5, 5.41) is 2.58. The number of nitrogen functional groups attached to an aromatic ring is 1. The Morgan fingerprint density at radius 2 is 1.94 bits per heavy atom. The number of benzene rings is 2. The van der Waals surface area contributed by atoms with Gasteiger partial charge in [0.05, 0.1) is 29.1 Å². The number of methoxy groups -OCH3 is 1. The summed E-state index contributed by atoms with van der Waals surface area (Å²) in [6, 6.07) is 13.4. The van der Waals surface area contributed by atoms with Crippen LogP contribution in [-0.4, -0.2) is 36.7 Å². The zero-order valence-electron chi connectivity index (χ0n) is 17.9. The minimum atomic E-state index is -3.84. The number of aryl methyl sites for hydroxylation is 1. The number of nitrogens with one attached hydrogen (secondary N) is 1. The van der Waals surface area contributed by atoms with Crippen LogP contribution in [0.3, 0.4) is 0 Å². The summed E-state index contributed by atoms with van der Waals surface area (Å²) in [5.74, 6) is 0.145. The molecule has 3 aromatic rings. The van der Waals surface area contributed by atoms with Gasteiger partial charge in [0, 0.05) is 0 Å². The lowest BCUT2D eigenvalue weighted by Crippen LogP contribution is -2.25. The number of ether oxygens (including phenoxy) is 1. The normalized spacial score (nSPS) is 12.2. The van der Waals surface area contributed by atoms with Crippen LogP contribution in [0.25, 0.3) is 0 Å². The second-order valence-electron chi connectivity index (χ2n) is 6.93. The first kappa shape index (κ1) is 23.6. The summed E-state index contributed by atoms with van der Waals surface area (Å²) < 4.78 is 30.9. The van der Waals surface area contributed by atoms with Crippen LogP contribution in [0.5, 0.6) is 5.75 Å². The Balaban J connectivity index is 1.79. The van der Waals surface area contributed by atoms with E-state index in [2.05, 4.69) is 15.3 Å². The lowest BCUT2D eigenvalue weighted by Gasteiger charge is -2.16. The van der Waals surface area contributed by atoms with Gasteiger partial charge in [-0.15, -0.1) is 0 Å².